The monoisotopic (exact) mass is 414 g/mol. The van der Waals surface area contributed by atoms with E-state index in [-0.39, 0.29) is 17.5 Å². The molecule has 0 spiro atoms. The minimum atomic E-state index is -3.15. The topological polar surface area (TPSA) is 104 Å². The largest absolute Gasteiger partial charge is 0.390 e. The number of sulfone groups is 1. The Morgan fingerprint density at radius 2 is 1.76 bits per heavy atom. The molecule has 3 aromatic rings. The molecule has 2 aromatic heterocycles. The first-order valence-electron chi connectivity index (χ1n) is 9.63. The summed E-state index contributed by atoms with van der Waals surface area (Å²) in [6.07, 6.45) is 2.54. The maximum atomic E-state index is 11.8. The highest BCUT2D eigenvalue weighted by molar-refractivity contribution is 7.91. The number of aliphatic hydroxyl groups is 1. The first-order chi connectivity index (χ1) is 14.0. The van der Waals surface area contributed by atoms with E-state index >= 15 is 0 Å². The Morgan fingerprint density at radius 1 is 1.00 bits per heavy atom. The van der Waals surface area contributed by atoms with Crippen LogP contribution in [0.15, 0.2) is 42.9 Å². The summed E-state index contributed by atoms with van der Waals surface area (Å²) in [5.74, 6) is 0.732. The zero-order chi connectivity index (χ0) is 20.0. The zero-order valence-electron chi connectivity index (χ0n) is 15.8. The van der Waals surface area contributed by atoms with Gasteiger partial charge in [0.1, 0.15) is 12.1 Å². The molecule has 0 radical (unpaired) electrons. The Balaban J connectivity index is 1.37. The quantitative estimate of drug-likeness (QED) is 0.643. The molecule has 2 fully saturated rings. The van der Waals surface area contributed by atoms with Gasteiger partial charge in [0.15, 0.2) is 15.5 Å². The van der Waals surface area contributed by atoms with E-state index in [1.807, 2.05) is 30.3 Å². The lowest BCUT2D eigenvalue weighted by Gasteiger charge is -2.39. The Morgan fingerprint density at radius 3 is 2.45 bits per heavy atom. The summed E-state index contributed by atoms with van der Waals surface area (Å²) in [4.78, 5) is 13.2. The molecule has 0 aliphatic carbocycles. The average Bonchev–Trinajstić information content (AvgIpc) is 3.28. The standard InChI is InChI=1S/C19H22N6O3S/c26-17-12-29(27,28)11-16(17)23-6-8-24(9-7-23)18-15-10-22-25(19(15)21-13-20-18)14-4-2-1-3-5-14/h1-5,10,13,16-17,26H,6-9,11-12H2. The number of benzene rings is 1. The Bertz CT molecular complexity index is 1130. The number of rotatable bonds is 3. The minimum absolute atomic E-state index is 0.0375. The van der Waals surface area contributed by atoms with Crippen LogP contribution in [0.3, 0.4) is 0 Å². The number of anilines is 1. The molecule has 5 rings (SSSR count). The molecule has 2 unspecified atom stereocenters. The molecule has 0 amide bonds. The van der Waals surface area contributed by atoms with Gasteiger partial charge < -0.3 is 10.0 Å². The normalized spacial score (nSPS) is 24.9. The van der Waals surface area contributed by atoms with E-state index in [0.29, 0.717) is 26.2 Å². The third-order valence-corrected chi connectivity index (χ3v) is 7.42. The van der Waals surface area contributed by atoms with E-state index in [2.05, 4.69) is 24.9 Å². The van der Waals surface area contributed by atoms with Crippen LogP contribution in [0.2, 0.25) is 0 Å². The van der Waals surface area contributed by atoms with Gasteiger partial charge in [0.2, 0.25) is 0 Å². The van der Waals surface area contributed by atoms with Crippen LogP contribution in [-0.4, -0.2) is 88.0 Å². The molecule has 2 saturated heterocycles. The van der Waals surface area contributed by atoms with Crippen LogP contribution in [0, 0.1) is 0 Å². The van der Waals surface area contributed by atoms with Crippen LogP contribution in [-0.2, 0) is 9.84 Å². The third-order valence-electron chi connectivity index (χ3n) is 5.72. The van der Waals surface area contributed by atoms with Gasteiger partial charge in [-0.3, -0.25) is 4.90 Å². The second kappa shape index (κ2) is 7.05. The maximum Gasteiger partial charge on any atom is 0.168 e. The summed E-state index contributed by atoms with van der Waals surface area (Å²) in [5.41, 5.74) is 1.69. The van der Waals surface area contributed by atoms with E-state index in [9.17, 15) is 13.5 Å². The lowest BCUT2D eigenvalue weighted by molar-refractivity contribution is 0.0792. The Labute approximate surface area is 168 Å². The number of para-hydroxylation sites is 1. The summed E-state index contributed by atoms with van der Waals surface area (Å²) in [5, 5.41) is 15.5. The number of piperazine rings is 1. The van der Waals surface area contributed by atoms with E-state index in [4.69, 9.17) is 0 Å². The molecular weight excluding hydrogens is 392 g/mol. The van der Waals surface area contributed by atoms with Gasteiger partial charge in [0.05, 0.1) is 40.9 Å². The van der Waals surface area contributed by atoms with E-state index in [1.54, 1.807) is 17.2 Å². The molecular formula is C19H22N6O3S. The highest BCUT2D eigenvalue weighted by atomic mass is 32.2. The number of fused-ring (bicyclic) bond motifs is 1. The van der Waals surface area contributed by atoms with Crippen molar-refractivity contribution >= 4 is 26.7 Å². The van der Waals surface area contributed by atoms with Gasteiger partial charge in [0, 0.05) is 26.2 Å². The molecule has 152 valence electrons. The molecule has 1 aromatic carbocycles. The van der Waals surface area contributed by atoms with Crippen molar-refractivity contribution < 1.29 is 13.5 Å². The van der Waals surface area contributed by atoms with Gasteiger partial charge in [-0.2, -0.15) is 5.10 Å². The van der Waals surface area contributed by atoms with Crippen LogP contribution < -0.4 is 4.90 Å². The summed E-state index contributed by atoms with van der Waals surface area (Å²) in [7, 11) is -3.15. The number of hydrogen-bond acceptors (Lipinski definition) is 8. The number of aromatic nitrogens is 4. The van der Waals surface area contributed by atoms with Crippen molar-refractivity contribution in [1.82, 2.24) is 24.6 Å². The Hall–Kier alpha value is -2.56. The molecule has 4 heterocycles. The molecule has 2 aliphatic rings. The third kappa shape index (κ3) is 3.37. The van der Waals surface area contributed by atoms with Gasteiger partial charge in [0.25, 0.3) is 0 Å². The van der Waals surface area contributed by atoms with Gasteiger partial charge in [-0.15, -0.1) is 0 Å². The minimum Gasteiger partial charge on any atom is -0.390 e. The predicted molar refractivity (Wildman–Crippen MR) is 109 cm³/mol. The summed E-state index contributed by atoms with van der Waals surface area (Å²) in [6.45, 7) is 2.75. The fraction of sp³-hybridized carbons (Fsp3) is 0.421. The first-order valence-corrected chi connectivity index (χ1v) is 11.5. The molecule has 2 atom stereocenters. The molecule has 2 aliphatic heterocycles. The van der Waals surface area contributed by atoms with Crippen molar-refractivity contribution in [3.05, 3.63) is 42.9 Å². The second-order valence-electron chi connectivity index (χ2n) is 7.56. The van der Waals surface area contributed by atoms with Crippen LogP contribution >= 0.6 is 0 Å². The van der Waals surface area contributed by atoms with Gasteiger partial charge >= 0.3 is 0 Å². The molecule has 1 N–H and O–H groups in total. The number of nitrogens with zero attached hydrogens (tertiary/aromatic N) is 6. The molecule has 29 heavy (non-hydrogen) atoms. The van der Waals surface area contributed by atoms with Crippen molar-refractivity contribution in [1.29, 1.82) is 0 Å². The molecule has 0 saturated carbocycles. The lowest BCUT2D eigenvalue weighted by atomic mass is 10.1. The SMILES string of the molecule is O=S1(=O)CC(O)C(N2CCN(c3ncnc4c3cnn4-c3ccccc3)CC2)C1. The van der Waals surface area contributed by atoms with Crippen LogP contribution in [0.5, 0.6) is 0 Å². The lowest BCUT2D eigenvalue weighted by Crippen LogP contribution is -2.53. The highest BCUT2D eigenvalue weighted by Crippen LogP contribution is 2.27. The second-order valence-corrected chi connectivity index (χ2v) is 9.71. The first kappa shape index (κ1) is 18.5. The van der Waals surface area contributed by atoms with E-state index in [0.717, 1.165) is 22.5 Å². The van der Waals surface area contributed by atoms with Crippen molar-refractivity contribution in [3.63, 3.8) is 0 Å². The predicted octanol–water partition coefficient (Wildman–Crippen LogP) is 0.0954. The van der Waals surface area contributed by atoms with Crippen LogP contribution in [0.25, 0.3) is 16.7 Å². The van der Waals surface area contributed by atoms with Crippen molar-refractivity contribution in [2.24, 2.45) is 0 Å². The number of hydrogen-bond donors (Lipinski definition) is 1. The molecule has 0 bridgehead atoms. The van der Waals surface area contributed by atoms with Crippen LogP contribution in [0.4, 0.5) is 5.82 Å². The van der Waals surface area contributed by atoms with Gasteiger partial charge in [-0.25, -0.2) is 23.1 Å². The van der Waals surface area contributed by atoms with Gasteiger partial charge in [-0.1, -0.05) is 18.2 Å². The Kier molecular flexibility index (Phi) is 4.49. The summed E-state index contributed by atoms with van der Waals surface area (Å²) in [6, 6.07) is 9.53. The maximum absolute atomic E-state index is 11.8. The fourth-order valence-corrected chi connectivity index (χ4v) is 6.10. The van der Waals surface area contributed by atoms with Crippen molar-refractivity contribution in [2.75, 3.05) is 42.6 Å². The van der Waals surface area contributed by atoms with Gasteiger partial charge in [-0.05, 0) is 12.1 Å². The number of aliphatic hydroxyl groups excluding tert-OH is 1. The molecule has 10 heteroatoms. The zero-order valence-corrected chi connectivity index (χ0v) is 16.6. The van der Waals surface area contributed by atoms with E-state index < -0.39 is 15.9 Å². The van der Waals surface area contributed by atoms with Crippen LogP contribution in [0.1, 0.15) is 0 Å². The molecule has 9 nitrogen and oxygen atoms in total. The summed E-state index contributed by atoms with van der Waals surface area (Å²) >= 11 is 0. The highest BCUT2D eigenvalue weighted by Gasteiger charge is 2.40. The smallest absolute Gasteiger partial charge is 0.168 e. The fourth-order valence-electron chi connectivity index (χ4n) is 4.27. The summed E-state index contributed by atoms with van der Waals surface area (Å²) < 4.78 is 25.4. The van der Waals surface area contributed by atoms with Crippen molar-refractivity contribution in [2.45, 2.75) is 12.1 Å². The van der Waals surface area contributed by atoms with Crippen molar-refractivity contribution in [3.8, 4) is 5.69 Å². The average molecular weight is 414 g/mol. The van der Waals surface area contributed by atoms with E-state index in [1.165, 1.54) is 0 Å².